The lowest BCUT2D eigenvalue weighted by Gasteiger charge is -2.22. The largest absolute Gasteiger partial charge is 0.310 e. The Kier molecular flexibility index (Phi) is 3.94. The standard InChI is InChI=1S/C16H23Cl2N/c1-6-19-13(14-15(2,3)16(14,4)5)11-9-10(17)7-8-12(11)18/h7-9,13-14,19H,6H2,1-5H3. The lowest BCUT2D eigenvalue weighted by Crippen LogP contribution is -2.25. The molecule has 1 aliphatic carbocycles. The predicted molar refractivity (Wildman–Crippen MR) is 83.9 cm³/mol. The van der Waals surface area contributed by atoms with Gasteiger partial charge in [0.15, 0.2) is 0 Å². The number of hydrogen-bond acceptors (Lipinski definition) is 1. The van der Waals surface area contributed by atoms with Gasteiger partial charge in [-0.2, -0.15) is 0 Å². The summed E-state index contributed by atoms with van der Waals surface area (Å²) in [4.78, 5) is 0. The Morgan fingerprint density at radius 3 is 2.21 bits per heavy atom. The first-order valence-electron chi connectivity index (χ1n) is 6.91. The van der Waals surface area contributed by atoms with E-state index in [-0.39, 0.29) is 6.04 Å². The lowest BCUT2D eigenvalue weighted by atomic mass is 9.96. The van der Waals surface area contributed by atoms with Crippen LogP contribution in [0.1, 0.15) is 46.2 Å². The Morgan fingerprint density at radius 1 is 1.16 bits per heavy atom. The second kappa shape index (κ2) is 4.95. The van der Waals surface area contributed by atoms with Crippen LogP contribution >= 0.6 is 23.2 Å². The molecule has 3 heteroatoms. The van der Waals surface area contributed by atoms with Gasteiger partial charge in [0.1, 0.15) is 0 Å². The van der Waals surface area contributed by atoms with Crippen molar-refractivity contribution in [1.82, 2.24) is 5.32 Å². The molecule has 106 valence electrons. The Labute approximate surface area is 126 Å². The summed E-state index contributed by atoms with van der Waals surface area (Å²) in [5, 5.41) is 5.15. The second-order valence-corrected chi connectivity index (χ2v) is 7.47. The van der Waals surface area contributed by atoms with Crippen LogP contribution in [0.3, 0.4) is 0 Å². The topological polar surface area (TPSA) is 12.0 Å². The molecule has 1 unspecified atom stereocenters. The highest BCUT2D eigenvalue weighted by molar-refractivity contribution is 6.33. The molecule has 1 fully saturated rings. The van der Waals surface area contributed by atoms with E-state index in [1.807, 2.05) is 18.2 Å². The molecule has 0 spiro atoms. The van der Waals surface area contributed by atoms with Gasteiger partial charge in [-0.25, -0.2) is 0 Å². The molecule has 1 atom stereocenters. The fourth-order valence-electron chi connectivity index (χ4n) is 3.46. The third-order valence-corrected chi connectivity index (χ3v) is 5.76. The van der Waals surface area contributed by atoms with E-state index in [1.165, 1.54) is 0 Å². The van der Waals surface area contributed by atoms with Crippen LogP contribution in [-0.4, -0.2) is 6.54 Å². The Bertz CT molecular complexity index is 466. The third kappa shape index (κ3) is 2.41. The summed E-state index contributed by atoms with van der Waals surface area (Å²) in [7, 11) is 0. The fraction of sp³-hybridized carbons (Fsp3) is 0.625. The van der Waals surface area contributed by atoms with Crippen molar-refractivity contribution in [1.29, 1.82) is 0 Å². The molecule has 19 heavy (non-hydrogen) atoms. The van der Waals surface area contributed by atoms with Gasteiger partial charge in [-0.05, 0) is 47.1 Å². The van der Waals surface area contributed by atoms with E-state index in [2.05, 4.69) is 39.9 Å². The van der Waals surface area contributed by atoms with Gasteiger partial charge >= 0.3 is 0 Å². The average molecular weight is 300 g/mol. The number of nitrogens with one attached hydrogen (secondary N) is 1. The maximum Gasteiger partial charge on any atom is 0.0454 e. The van der Waals surface area contributed by atoms with Crippen LogP contribution in [0.4, 0.5) is 0 Å². The molecule has 0 amide bonds. The average Bonchev–Trinajstić information content (AvgIpc) is 2.71. The zero-order valence-electron chi connectivity index (χ0n) is 12.3. The van der Waals surface area contributed by atoms with Gasteiger partial charge in [-0.1, -0.05) is 57.8 Å². The summed E-state index contributed by atoms with van der Waals surface area (Å²) < 4.78 is 0. The summed E-state index contributed by atoms with van der Waals surface area (Å²) in [6.07, 6.45) is 0. The van der Waals surface area contributed by atoms with Gasteiger partial charge < -0.3 is 5.32 Å². The zero-order valence-corrected chi connectivity index (χ0v) is 13.9. The van der Waals surface area contributed by atoms with Crippen LogP contribution in [0, 0.1) is 16.7 Å². The van der Waals surface area contributed by atoms with Crippen molar-refractivity contribution in [2.24, 2.45) is 16.7 Å². The van der Waals surface area contributed by atoms with Gasteiger partial charge in [0.2, 0.25) is 0 Å². The van der Waals surface area contributed by atoms with Crippen LogP contribution in [0.15, 0.2) is 18.2 Å². The predicted octanol–water partition coefficient (Wildman–Crippen LogP) is 5.33. The van der Waals surface area contributed by atoms with Crippen molar-refractivity contribution in [3.05, 3.63) is 33.8 Å². The number of benzene rings is 1. The Morgan fingerprint density at radius 2 is 1.74 bits per heavy atom. The summed E-state index contributed by atoms with van der Waals surface area (Å²) >= 11 is 12.5. The molecule has 1 aliphatic rings. The highest BCUT2D eigenvalue weighted by Gasteiger charge is 2.67. The fourth-order valence-corrected chi connectivity index (χ4v) is 3.88. The molecule has 0 heterocycles. The molecule has 1 saturated carbocycles. The van der Waals surface area contributed by atoms with E-state index < -0.39 is 0 Å². The summed E-state index contributed by atoms with van der Waals surface area (Å²) in [5.41, 5.74) is 1.75. The van der Waals surface area contributed by atoms with Crippen LogP contribution in [0.25, 0.3) is 0 Å². The maximum atomic E-state index is 6.39. The van der Waals surface area contributed by atoms with E-state index >= 15 is 0 Å². The van der Waals surface area contributed by atoms with Crippen molar-refractivity contribution in [2.45, 2.75) is 40.7 Å². The van der Waals surface area contributed by atoms with E-state index in [0.29, 0.717) is 16.7 Å². The van der Waals surface area contributed by atoms with E-state index in [1.54, 1.807) is 0 Å². The molecule has 1 aromatic carbocycles. The van der Waals surface area contributed by atoms with Gasteiger partial charge in [0.25, 0.3) is 0 Å². The normalized spacial score (nSPS) is 22.3. The van der Waals surface area contributed by atoms with Gasteiger partial charge in [-0.3, -0.25) is 0 Å². The first-order valence-corrected chi connectivity index (χ1v) is 7.67. The molecule has 0 aromatic heterocycles. The minimum atomic E-state index is 0.265. The number of rotatable bonds is 4. The monoisotopic (exact) mass is 299 g/mol. The van der Waals surface area contributed by atoms with Crippen molar-refractivity contribution in [3.63, 3.8) is 0 Å². The summed E-state index contributed by atoms with van der Waals surface area (Å²) in [5.74, 6) is 0.566. The highest BCUT2D eigenvalue weighted by atomic mass is 35.5. The van der Waals surface area contributed by atoms with Crippen molar-refractivity contribution in [3.8, 4) is 0 Å². The second-order valence-electron chi connectivity index (χ2n) is 6.62. The first kappa shape index (κ1) is 15.2. The minimum Gasteiger partial charge on any atom is -0.310 e. The molecular weight excluding hydrogens is 277 g/mol. The number of hydrogen-bond donors (Lipinski definition) is 1. The van der Waals surface area contributed by atoms with E-state index in [9.17, 15) is 0 Å². The van der Waals surface area contributed by atoms with Gasteiger partial charge in [-0.15, -0.1) is 0 Å². The highest BCUT2D eigenvalue weighted by Crippen LogP contribution is 2.72. The maximum absolute atomic E-state index is 6.39. The zero-order chi connectivity index (χ0) is 14.4. The lowest BCUT2D eigenvalue weighted by molar-refractivity contribution is 0.418. The number of halogens is 2. The van der Waals surface area contributed by atoms with Crippen LogP contribution < -0.4 is 5.32 Å². The summed E-state index contributed by atoms with van der Waals surface area (Å²) in [6, 6.07) is 6.01. The van der Waals surface area contributed by atoms with Gasteiger partial charge in [0, 0.05) is 16.1 Å². The SMILES string of the molecule is CCNC(c1cc(Cl)ccc1Cl)C1C(C)(C)C1(C)C. The quantitative estimate of drug-likeness (QED) is 0.793. The van der Waals surface area contributed by atoms with Crippen LogP contribution in [-0.2, 0) is 0 Å². The van der Waals surface area contributed by atoms with Crippen molar-refractivity contribution in [2.75, 3.05) is 6.54 Å². The molecule has 1 aromatic rings. The molecule has 2 rings (SSSR count). The Hall–Kier alpha value is -0.240. The summed E-state index contributed by atoms with van der Waals surface area (Å²) in [6.45, 7) is 12.4. The smallest absolute Gasteiger partial charge is 0.0454 e. The van der Waals surface area contributed by atoms with Crippen molar-refractivity contribution < 1.29 is 0 Å². The molecule has 1 N–H and O–H groups in total. The minimum absolute atomic E-state index is 0.265. The van der Waals surface area contributed by atoms with Crippen LogP contribution in [0.2, 0.25) is 10.0 Å². The molecule has 0 radical (unpaired) electrons. The van der Waals surface area contributed by atoms with Crippen LogP contribution in [0.5, 0.6) is 0 Å². The van der Waals surface area contributed by atoms with E-state index in [4.69, 9.17) is 23.2 Å². The van der Waals surface area contributed by atoms with E-state index in [0.717, 1.165) is 22.2 Å². The molecular formula is C16H23Cl2N. The molecule has 1 nitrogen and oxygen atoms in total. The third-order valence-electron chi connectivity index (χ3n) is 5.18. The molecule has 0 saturated heterocycles. The van der Waals surface area contributed by atoms with Crippen molar-refractivity contribution >= 4 is 23.2 Å². The molecule has 0 bridgehead atoms. The first-order chi connectivity index (χ1) is 8.73. The molecule has 0 aliphatic heterocycles. The Balaban J connectivity index is 2.40. The van der Waals surface area contributed by atoms with Gasteiger partial charge in [0.05, 0.1) is 0 Å².